The Hall–Kier alpha value is -1.72. The van der Waals surface area contributed by atoms with Gasteiger partial charge in [0.25, 0.3) is 0 Å². The third-order valence-corrected chi connectivity index (χ3v) is 2.04. The smallest absolute Gasteiger partial charge is 0.388 e. The summed E-state index contributed by atoms with van der Waals surface area (Å²) in [5.74, 6) is 0. The molecule has 0 atom stereocenters. The van der Waals surface area contributed by atoms with Gasteiger partial charge in [0.05, 0.1) is 0 Å². The zero-order valence-corrected chi connectivity index (χ0v) is 7.84. The maximum Gasteiger partial charge on any atom is 0.434 e. The summed E-state index contributed by atoms with van der Waals surface area (Å²) >= 11 is 0. The number of hydrogen-bond acceptors (Lipinski definition) is 2. The predicted octanol–water partition coefficient (Wildman–Crippen LogP) is 2.39. The van der Waals surface area contributed by atoms with Gasteiger partial charge in [-0.25, -0.2) is 4.98 Å². The summed E-state index contributed by atoms with van der Waals surface area (Å²) in [4.78, 5) is 3.49. The lowest BCUT2D eigenvalue weighted by molar-refractivity contribution is -0.140. The van der Waals surface area contributed by atoms with Gasteiger partial charge in [0.2, 0.25) is 0 Å². The summed E-state index contributed by atoms with van der Waals surface area (Å²) in [5, 5.41) is 2.83. The van der Waals surface area contributed by atoms with Crippen molar-refractivity contribution in [3.8, 4) is 0 Å². The van der Waals surface area contributed by atoms with E-state index in [9.17, 15) is 13.2 Å². The lowest BCUT2D eigenvalue weighted by Gasteiger charge is -1.98. The molecule has 0 aliphatic rings. The number of aromatic nitrogens is 2. The summed E-state index contributed by atoms with van der Waals surface area (Å²) in [6, 6.07) is 3.23. The van der Waals surface area contributed by atoms with Gasteiger partial charge in [-0.15, -0.1) is 0 Å². The Kier molecular flexibility index (Phi) is 2.06. The number of imidazole rings is 1. The van der Waals surface area contributed by atoms with Crippen molar-refractivity contribution in [2.45, 2.75) is 6.18 Å². The first-order chi connectivity index (χ1) is 7.00. The minimum Gasteiger partial charge on any atom is -0.388 e. The Morgan fingerprint density at radius 2 is 2.13 bits per heavy atom. The predicted molar refractivity (Wildman–Crippen MR) is 49.7 cm³/mol. The van der Waals surface area contributed by atoms with Crippen molar-refractivity contribution in [1.29, 1.82) is 0 Å². The van der Waals surface area contributed by atoms with Gasteiger partial charge in [-0.3, -0.25) is 0 Å². The summed E-state index contributed by atoms with van der Waals surface area (Å²) in [7, 11) is 1.69. The number of rotatable bonds is 1. The van der Waals surface area contributed by atoms with Crippen molar-refractivity contribution < 1.29 is 13.2 Å². The molecule has 0 unspecified atom stereocenters. The van der Waals surface area contributed by atoms with Gasteiger partial charge in [-0.05, 0) is 6.07 Å². The number of nitrogens with one attached hydrogen (secondary N) is 1. The van der Waals surface area contributed by atoms with Crippen LogP contribution >= 0.6 is 0 Å². The van der Waals surface area contributed by atoms with Crippen LogP contribution in [0.5, 0.6) is 0 Å². The highest BCUT2D eigenvalue weighted by atomic mass is 19.4. The molecule has 2 rings (SSSR count). The highest BCUT2D eigenvalue weighted by Crippen LogP contribution is 2.28. The fraction of sp³-hybridized carbons (Fsp3) is 0.222. The van der Waals surface area contributed by atoms with Gasteiger partial charge in [0.15, 0.2) is 5.69 Å². The van der Waals surface area contributed by atoms with Crippen molar-refractivity contribution >= 4 is 11.3 Å². The fourth-order valence-electron chi connectivity index (χ4n) is 1.27. The van der Waals surface area contributed by atoms with Crippen LogP contribution in [0, 0.1) is 0 Å². The van der Waals surface area contributed by atoms with Crippen molar-refractivity contribution in [3.05, 3.63) is 30.2 Å². The SMILES string of the molecule is CNc1ccn2cc(C(F)(F)F)nc2c1. The van der Waals surface area contributed by atoms with E-state index in [4.69, 9.17) is 0 Å². The van der Waals surface area contributed by atoms with Gasteiger partial charge in [0.1, 0.15) is 5.65 Å². The topological polar surface area (TPSA) is 29.3 Å². The van der Waals surface area contributed by atoms with Crippen molar-refractivity contribution in [2.24, 2.45) is 0 Å². The molecule has 80 valence electrons. The van der Waals surface area contributed by atoms with Crippen molar-refractivity contribution in [3.63, 3.8) is 0 Å². The summed E-state index contributed by atoms with van der Waals surface area (Å²) in [6.45, 7) is 0. The van der Waals surface area contributed by atoms with Crippen LogP contribution in [0.15, 0.2) is 24.5 Å². The molecule has 0 aliphatic carbocycles. The third-order valence-electron chi connectivity index (χ3n) is 2.04. The minimum atomic E-state index is -4.40. The monoisotopic (exact) mass is 215 g/mol. The first-order valence-electron chi connectivity index (χ1n) is 4.24. The molecule has 0 spiro atoms. The van der Waals surface area contributed by atoms with E-state index in [0.29, 0.717) is 0 Å². The molecule has 0 aromatic carbocycles. The number of nitrogens with zero attached hydrogens (tertiary/aromatic N) is 2. The van der Waals surface area contributed by atoms with E-state index in [1.807, 2.05) is 0 Å². The Morgan fingerprint density at radius 3 is 2.73 bits per heavy atom. The maximum atomic E-state index is 12.3. The van der Waals surface area contributed by atoms with E-state index in [0.717, 1.165) is 11.9 Å². The standard InChI is InChI=1S/C9H8F3N3/c1-13-6-2-3-15-5-7(9(10,11)12)14-8(15)4-6/h2-5,13H,1H3. The van der Waals surface area contributed by atoms with Gasteiger partial charge >= 0.3 is 6.18 Å². The third kappa shape index (κ3) is 1.74. The Balaban J connectivity index is 2.56. The summed E-state index contributed by atoms with van der Waals surface area (Å²) in [5.41, 5.74) is 0.117. The number of pyridine rings is 1. The van der Waals surface area contributed by atoms with E-state index in [-0.39, 0.29) is 5.65 Å². The molecule has 2 heterocycles. The minimum absolute atomic E-state index is 0.272. The van der Waals surface area contributed by atoms with Crippen molar-refractivity contribution in [1.82, 2.24) is 9.38 Å². The van der Waals surface area contributed by atoms with Crippen LogP contribution in [0.25, 0.3) is 5.65 Å². The van der Waals surface area contributed by atoms with E-state index in [1.54, 1.807) is 19.2 Å². The first-order valence-corrected chi connectivity index (χ1v) is 4.24. The van der Waals surface area contributed by atoms with Crippen LogP contribution in [0.2, 0.25) is 0 Å². The van der Waals surface area contributed by atoms with E-state index >= 15 is 0 Å². The molecular formula is C9H8F3N3. The van der Waals surface area contributed by atoms with E-state index in [2.05, 4.69) is 10.3 Å². The quantitative estimate of drug-likeness (QED) is 0.791. The van der Waals surface area contributed by atoms with Crippen LogP contribution in [0.4, 0.5) is 18.9 Å². The van der Waals surface area contributed by atoms with Crippen molar-refractivity contribution in [2.75, 3.05) is 12.4 Å². The average molecular weight is 215 g/mol. The molecule has 0 fully saturated rings. The second-order valence-electron chi connectivity index (χ2n) is 3.05. The average Bonchev–Trinajstić information content (AvgIpc) is 2.59. The molecule has 0 saturated heterocycles. The molecule has 0 amide bonds. The molecule has 2 aromatic heterocycles. The molecular weight excluding hydrogens is 207 g/mol. The molecule has 0 bridgehead atoms. The molecule has 6 heteroatoms. The zero-order valence-electron chi connectivity index (χ0n) is 7.84. The number of hydrogen-bond donors (Lipinski definition) is 1. The lowest BCUT2D eigenvalue weighted by Crippen LogP contribution is -2.04. The molecule has 0 radical (unpaired) electrons. The van der Waals surface area contributed by atoms with Gasteiger partial charge < -0.3 is 9.72 Å². The molecule has 2 aromatic rings. The van der Waals surface area contributed by atoms with Crippen LogP contribution < -0.4 is 5.32 Å². The van der Waals surface area contributed by atoms with Crippen LogP contribution in [0.3, 0.4) is 0 Å². The van der Waals surface area contributed by atoms with Gasteiger partial charge in [0, 0.05) is 31.2 Å². The molecule has 3 nitrogen and oxygen atoms in total. The van der Waals surface area contributed by atoms with Crippen LogP contribution in [-0.4, -0.2) is 16.4 Å². The maximum absolute atomic E-state index is 12.3. The van der Waals surface area contributed by atoms with Crippen LogP contribution in [0.1, 0.15) is 5.69 Å². The molecule has 1 N–H and O–H groups in total. The number of fused-ring (bicyclic) bond motifs is 1. The molecule has 0 saturated carbocycles. The number of halogens is 3. The van der Waals surface area contributed by atoms with Crippen LogP contribution in [-0.2, 0) is 6.18 Å². The Morgan fingerprint density at radius 1 is 1.40 bits per heavy atom. The number of anilines is 1. The first kappa shape index (κ1) is 9.82. The highest BCUT2D eigenvalue weighted by Gasteiger charge is 2.33. The summed E-state index contributed by atoms with van der Waals surface area (Å²) in [6.07, 6.45) is -1.90. The second kappa shape index (κ2) is 3.15. The zero-order chi connectivity index (χ0) is 11.1. The van der Waals surface area contributed by atoms with Gasteiger partial charge in [-0.1, -0.05) is 0 Å². The normalized spacial score (nSPS) is 12.0. The largest absolute Gasteiger partial charge is 0.434 e. The Labute approximate surface area is 83.5 Å². The molecule has 15 heavy (non-hydrogen) atoms. The Bertz CT molecular complexity index is 487. The molecule has 0 aliphatic heterocycles. The summed E-state index contributed by atoms with van der Waals surface area (Å²) < 4.78 is 38.3. The highest BCUT2D eigenvalue weighted by molar-refractivity contribution is 5.54. The fourth-order valence-corrected chi connectivity index (χ4v) is 1.27. The number of alkyl halides is 3. The van der Waals surface area contributed by atoms with E-state index in [1.165, 1.54) is 10.6 Å². The lowest BCUT2D eigenvalue weighted by atomic mass is 10.4. The van der Waals surface area contributed by atoms with E-state index < -0.39 is 11.9 Å². The second-order valence-corrected chi connectivity index (χ2v) is 3.05. The van der Waals surface area contributed by atoms with Gasteiger partial charge in [-0.2, -0.15) is 13.2 Å².